The number of ketones is 2. The van der Waals surface area contributed by atoms with Crippen molar-refractivity contribution < 1.29 is 19.5 Å². The first-order chi connectivity index (χ1) is 14.0. The molecular formula is C25H34O4. The zero-order valence-corrected chi connectivity index (χ0v) is 17.6. The van der Waals surface area contributed by atoms with Crippen LogP contribution in [0.2, 0.25) is 0 Å². The molecule has 0 aliphatic heterocycles. The van der Waals surface area contributed by atoms with Crippen LogP contribution in [0.25, 0.3) is 0 Å². The van der Waals surface area contributed by atoms with E-state index in [9.17, 15) is 14.4 Å². The Balaban J connectivity index is 1.81. The summed E-state index contributed by atoms with van der Waals surface area (Å²) >= 11 is 0. The van der Waals surface area contributed by atoms with E-state index in [1.54, 1.807) is 6.08 Å². The van der Waals surface area contributed by atoms with Gasteiger partial charge in [0.2, 0.25) is 0 Å². The normalized spacial score (nSPS) is 19.1. The minimum absolute atomic E-state index is 0.00110. The molecule has 1 saturated carbocycles. The van der Waals surface area contributed by atoms with Gasteiger partial charge in [0.15, 0.2) is 5.78 Å². The Morgan fingerprint density at radius 1 is 1.07 bits per heavy atom. The second-order valence-corrected chi connectivity index (χ2v) is 8.15. The highest BCUT2D eigenvalue weighted by molar-refractivity contribution is 6.04. The van der Waals surface area contributed by atoms with Gasteiger partial charge in [0.1, 0.15) is 5.78 Å². The Bertz CT molecular complexity index is 702. The molecule has 1 aromatic carbocycles. The number of carbonyl (C=O) groups is 3. The second-order valence-electron chi connectivity index (χ2n) is 8.15. The number of carbonyl (C=O) groups excluding carboxylic acids is 2. The van der Waals surface area contributed by atoms with Crippen LogP contribution in [0, 0.1) is 11.8 Å². The van der Waals surface area contributed by atoms with Crippen molar-refractivity contribution in [2.45, 2.75) is 77.6 Å². The van der Waals surface area contributed by atoms with Gasteiger partial charge in [-0.15, -0.1) is 0 Å². The maximum Gasteiger partial charge on any atom is 0.303 e. The zero-order valence-electron chi connectivity index (χ0n) is 17.6. The Hall–Kier alpha value is -2.23. The fourth-order valence-electron chi connectivity index (χ4n) is 4.06. The maximum absolute atomic E-state index is 12.5. The van der Waals surface area contributed by atoms with Crippen molar-refractivity contribution >= 4 is 17.5 Å². The standard InChI is InChI=1S/C25H34O4/c1-2-3-8-19-11-13-21(14-12-19)23(26)17-15-20-16-18-24(27)22(20)9-6-4-5-7-10-25(28)29/h11-15,17,20,22H,2-10,16,18H2,1H3,(H,28,29)/t20-,22+/m1/s1. The second kappa shape index (κ2) is 12.4. The number of Topliss-reactive ketones (excluding diaryl/α,β-unsaturated/α-hetero) is 1. The molecule has 0 aromatic heterocycles. The van der Waals surface area contributed by atoms with E-state index in [1.807, 2.05) is 30.3 Å². The molecule has 4 nitrogen and oxygen atoms in total. The molecule has 1 aliphatic rings. The smallest absolute Gasteiger partial charge is 0.303 e. The molecular weight excluding hydrogens is 364 g/mol. The van der Waals surface area contributed by atoms with E-state index in [2.05, 4.69) is 6.92 Å². The largest absolute Gasteiger partial charge is 0.481 e. The van der Waals surface area contributed by atoms with Crippen LogP contribution in [-0.4, -0.2) is 22.6 Å². The van der Waals surface area contributed by atoms with Crippen LogP contribution in [0.5, 0.6) is 0 Å². The SMILES string of the molecule is CCCCc1ccc(C(=O)C=C[C@@H]2CCC(=O)[C@H]2CCCCCCC(=O)O)cc1. The van der Waals surface area contributed by atoms with Crippen LogP contribution >= 0.6 is 0 Å². The van der Waals surface area contributed by atoms with Crippen molar-refractivity contribution in [1.82, 2.24) is 0 Å². The van der Waals surface area contributed by atoms with E-state index in [0.717, 1.165) is 51.4 Å². The summed E-state index contributed by atoms with van der Waals surface area (Å²) < 4.78 is 0. The highest BCUT2D eigenvalue weighted by Crippen LogP contribution is 2.34. The first-order valence-corrected chi connectivity index (χ1v) is 11.1. The first kappa shape index (κ1) is 23.1. The minimum Gasteiger partial charge on any atom is -0.481 e. The van der Waals surface area contributed by atoms with E-state index in [1.165, 1.54) is 5.56 Å². The average molecular weight is 399 g/mol. The van der Waals surface area contributed by atoms with Gasteiger partial charge < -0.3 is 5.11 Å². The molecule has 0 amide bonds. The molecule has 0 heterocycles. The van der Waals surface area contributed by atoms with Gasteiger partial charge in [-0.05, 0) is 49.7 Å². The van der Waals surface area contributed by atoms with Crippen molar-refractivity contribution in [2.24, 2.45) is 11.8 Å². The molecule has 1 N–H and O–H groups in total. The number of allylic oxidation sites excluding steroid dienone is 2. The topological polar surface area (TPSA) is 71.4 Å². The van der Waals surface area contributed by atoms with Gasteiger partial charge >= 0.3 is 5.97 Å². The van der Waals surface area contributed by atoms with Gasteiger partial charge in [-0.25, -0.2) is 0 Å². The Morgan fingerprint density at radius 3 is 2.48 bits per heavy atom. The lowest BCUT2D eigenvalue weighted by Gasteiger charge is -2.14. The molecule has 1 fully saturated rings. The third kappa shape index (κ3) is 7.96. The summed E-state index contributed by atoms with van der Waals surface area (Å²) in [6.45, 7) is 2.17. The van der Waals surface area contributed by atoms with Gasteiger partial charge in [-0.2, -0.15) is 0 Å². The zero-order chi connectivity index (χ0) is 21.1. The highest BCUT2D eigenvalue weighted by atomic mass is 16.4. The number of aryl methyl sites for hydroxylation is 1. The lowest BCUT2D eigenvalue weighted by atomic mass is 9.89. The number of carboxylic acid groups (broad SMARTS) is 1. The van der Waals surface area contributed by atoms with Crippen molar-refractivity contribution in [3.8, 4) is 0 Å². The van der Waals surface area contributed by atoms with Gasteiger partial charge in [0.25, 0.3) is 0 Å². The van der Waals surface area contributed by atoms with Gasteiger partial charge in [0, 0.05) is 24.3 Å². The van der Waals surface area contributed by atoms with Crippen LogP contribution < -0.4 is 0 Å². The summed E-state index contributed by atoms with van der Waals surface area (Å²) in [5, 5.41) is 8.67. The summed E-state index contributed by atoms with van der Waals surface area (Å²) in [6.07, 6.45) is 12.9. The van der Waals surface area contributed by atoms with Crippen LogP contribution in [-0.2, 0) is 16.0 Å². The molecule has 1 aliphatic carbocycles. The number of benzene rings is 1. The number of hydrogen-bond donors (Lipinski definition) is 1. The van der Waals surface area contributed by atoms with Gasteiger partial charge in [-0.1, -0.05) is 62.9 Å². The summed E-state index contributed by atoms with van der Waals surface area (Å²) in [5.74, 6) is -0.289. The summed E-state index contributed by atoms with van der Waals surface area (Å²) in [5.41, 5.74) is 1.96. The average Bonchev–Trinajstić information content (AvgIpc) is 3.07. The molecule has 0 spiro atoms. The number of unbranched alkanes of at least 4 members (excludes halogenated alkanes) is 4. The van der Waals surface area contributed by atoms with Crippen molar-refractivity contribution in [3.05, 3.63) is 47.5 Å². The van der Waals surface area contributed by atoms with Crippen LogP contribution in [0.4, 0.5) is 0 Å². The summed E-state index contributed by atoms with van der Waals surface area (Å²) in [6, 6.07) is 7.85. The highest BCUT2D eigenvalue weighted by Gasteiger charge is 2.32. The van der Waals surface area contributed by atoms with E-state index in [0.29, 0.717) is 24.2 Å². The molecule has 29 heavy (non-hydrogen) atoms. The lowest BCUT2D eigenvalue weighted by molar-refractivity contribution is -0.137. The third-order valence-corrected chi connectivity index (χ3v) is 5.86. The Labute approximate surface area is 174 Å². The predicted molar refractivity (Wildman–Crippen MR) is 115 cm³/mol. The monoisotopic (exact) mass is 398 g/mol. The molecule has 158 valence electrons. The van der Waals surface area contributed by atoms with Crippen LogP contribution in [0.3, 0.4) is 0 Å². The van der Waals surface area contributed by atoms with Crippen molar-refractivity contribution in [3.63, 3.8) is 0 Å². The van der Waals surface area contributed by atoms with E-state index >= 15 is 0 Å². The molecule has 0 unspecified atom stereocenters. The predicted octanol–water partition coefficient (Wildman–Crippen LogP) is 5.79. The van der Waals surface area contributed by atoms with Crippen LogP contribution in [0.15, 0.2) is 36.4 Å². The Morgan fingerprint density at radius 2 is 1.79 bits per heavy atom. The molecule has 2 atom stereocenters. The minimum atomic E-state index is -0.749. The number of carboxylic acids is 1. The molecule has 2 rings (SSSR count). The Kier molecular flexibility index (Phi) is 9.82. The maximum atomic E-state index is 12.5. The number of rotatable bonds is 13. The first-order valence-electron chi connectivity index (χ1n) is 11.1. The van der Waals surface area contributed by atoms with Crippen molar-refractivity contribution in [1.29, 1.82) is 0 Å². The lowest BCUT2D eigenvalue weighted by Crippen LogP contribution is -2.13. The molecule has 0 saturated heterocycles. The fraction of sp³-hybridized carbons (Fsp3) is 0.560. The fourth-order valence-corrected chi connectivity index (χ4v) is 4.06. The van der Waals surface area contributed by atoms with Gasteiger partial charge in [0.05, 0.1) is 0 Å². The van der Waals surface area contributed by atoms with Crippen LogP contribution in [0.1, 0.15) is 87.1 Å². The van der Waals surface area contributed by atoms with Gasteiger partial charge in [-0.3, -0.25) is 14.4 Å². The van der Waals surface area contributed by atoms with E-state index in [4.69, 9.17) is 5.11 Å². The molecule has 1 aromatic rings. The van der Waals surface area contributed by atoms with E-state index in [-0.39, 0.29) is 24.0 Å². The molecule has 0 bridgehead atoms. The number of hydrogen-bond acceptors (Lipinski definition) is 3. The summed E-state index contributed by atoms with van der Waals surface area (Å²) in [4.78, 5) is 35.3. The quantitative estimate of drug-likeness (QED) is 0.259. The van der Waals surface area contributed by atoms with Crippen molar-refractivity contribution in [2.75, 3.05) is 0 Å². The summed E-state index contributed by atoms with van der Waals surface area (Å²) in [7, 11) is 0. The van der Waals surface area contributed by atoms with E-state index < -0.39 is 5.97 Å². The molecule has 0 radical (unpaired) electrons. The molecule has 4 heteroatoms. The number of aliphatic carboxylic acids is 1. The third-order valence-electron chi connectivity index (χ3n) is 5.86.